The Balaban J connectivity index is 2.77. The van der Waals surface area contributed by atoms with Gasteiger partial charge in [0.25, 0.3) is 0 Å². The zero-order valence-corrected chi connectivity index (χ0v) is 10.7. The third kappa shape index (κ3) is 3.77. The number of rotatable bonds is 5. The Morgan fingerprint density at radius 3 is 2.65 bits per heavy atom. The largest absolute Gasteiger partial charge is 0.508 e. The number of ether oxygens (including phenoxy) is 1. The van der Waals surface area contributed by atoms with Gasteiger partial charge in [0.1, 0.15) is 5.75 Å². The number of aryl methyl sites for hydroxylation is 1. The van der Waals surface area contributed by atoms with E-state index in [4.69, 9.17) is 4.74 Å². The Morgan fingerprint density at radius 2 is 2.06 bits per heavy atom. The van der Waals surface area contributed by atoms with Gasteiger partial charge in [-0.05, 0) is 43.0 Å². The van der Waals surface area contributed by atoms with Crippen molar-refractivity contribution < 1.29 is 14.6 Å². The second-order valence-corrected chi connectivity index (χ2v) is 4.16. The fourth-order valence-corrected chi connectivity index (χ4v) is 1.84. The van der Waals surface area contributed by atoms with E-state index < -0.39 is 0 Å². The number of benzene rings is 1. The summed E-state index contributed by atoms with van der Waals surface area (Å²) in [7, 11) is 0. The minimum Gasteiger partial charge on any atom is -0.508 e. The van der Waals surface area contributed by atoms with Crippen LogP contribution in [-0.2, 0) is 22.4 Å². The van der Waals surface area contributed by atoms with Crippen LogP contribution in [0.1, 0.15) is 31.9 Å². The van der Waals surface area contributed by atoms with Crippen LogP contribution in [0.25, 0.3) is 0 Å². The van der Waals surface area contributed by atoms with Crippen LogP contribution in [0.5, 0.6) is 5.75 Å². The molecule has 0 fully saturated rings. The summed E-state index contributed by atoms with van der Waals surface area (Å²) < 4.78 is 4.98. The SMILES string of the molecule is CCOC(=O)C(C)Cc1ccc(O)cc1CC. The highest BCUT2D eigenvalue weighted by atomic mass is 16.5. The minimum absolute atomic E-state index is 0.148. The van der Waals surface area contributed by atoms with Crippen LogP contribution in [0, 0.1) is 5.92 Å². The number of hydrogen-bond donors (Lipinski definition) is 1. The first kappa shape index (κ1) is 13.6. The molecule has 0 radical (unpaired) electrons. The topological polar surface area (TPSA) is 46.5 Å². The van der Waals surface area contributed by atoms with E-state index in [2.05, 4.69) is 0 Å². The summed E-state index contributed by atoms with van der Waals surface area (Å²) in [6.07, 6.45) is 1.50. The predicted octanol–water partition coefficient (Wildman–Crippen LogP) is 2.70. The van der Waals surface area contributed by atoms with E-state index in [-0.39, 0.29) is 17.6 Å². The molecule has 0 aliphatic carbocycles. The summed E-state index contributed by atoms with van der Waals surface area (Å²) in [6, 6.07) is 5.30. The highest BCUT2D eigenvalue weighted by Crippen LogP contribution is 2.20. The number of esters is 1. The lowest BCUT2D eigenvalue weighted by atomic mass is 9.95. The maximum atomic E-state index is 11.5. The molecule has 0 bridgehead atoms. The molecule has 17 heavy (non-hydrogen) atoms. The molecule has 0 saturated carbocycles. The maximum Gasteiger partial charge on any atom is 0.308 e. The molecule has 3 nitrogen and oxygen atoms in total. The van der Waals surface area contributed by atoms with Gasteiger partial charge in [-0.15, -0.1) is 0 Å². The zero-order valence-electron chi connectivity index (χ0n) is 10.7. The van der Waals surface area contributed by atoms with Crippen LogP contribution in [0.2, 0.25) is 0 Å². The van der Waals surface area contributed by atoms with Gasteiger partial charge in [-0.2, -0.15) is 0 Å². The third-order valence-corrected chi connectivity index (χ3v) is 2.79. The van der Waals surface area contributed by atoms with Gasteiger partial charge in [0.05, 0.1) is 12.5 Å². The standard InChI is InChI=1S/C14H20O3/c1-4-11-9-13(15)7-6-12(11)8-10(3)14(16)17-5-2/h6-7,9-10,15H,4-5,8H2,1-3H3. The fourth-order valence-electron chi connectivity index (χ4n) is 1.84. The molecule has 1 unspecified atom stereocenters. The predicted molar refractivity (Wildman–Crippen MR) is 67.0 cm³/mol. The molecule has 1 aromatic carbocycles. The third-order valence-electron chi connectivity index (χ3n) is 2.79. The van der Waals surface area contributed by atoms with Crippen molar-refractivity contribution >= 4 is 5.97 Å². The summed E-state index contributed by atoms with van der Waals surface area (Å²) in [4.78, 5) is 11.5. The molecule has 0 aliphatic heterocycles. The molecule has 0 saturated heterocycles. The van der Waals surface area contributed by atoms with Crippen LogP contribution in [0.3, 0.4) is 0 Å². The number of carbonyl (C=O) groups is 1. The summed E-state index contributed by atoms with van der Waals surface area (Å²) in [6.45, 7) is 6.12. The van der Waals surface area contributed by atoms with Crippen molar-refractivity contribution in [2.24, 2.45) is 5.92 Å². The molecule has 1 rings (SSSR count). The van der Waals surface area contributed by atoms with E-state index in [1.165, 1.54) is 0 Å². The fraction of sp³-hybridized carbons (Fsp3) is 0.500. The molecule has 0 heterocycles. The summed E-state index contributed by atoms with van der Waals surface area (Å²) >= 11 is 0. The van der Waals surface area contributed by atoms with Crippen molar-refractivity contribution in [2.45, 2.75) is 33.6 Å². The normalized spacial score (nSPS) is 12.2. The average molecular weight is 236 g/mol. The van der Waals surface area contributed by atoms with Crippen molar-refractivity contribution in [2.75, 3.05) is 6.61 Å². The van der Waals surface area contributed by atoms with Gasteiger partial charge in [-0.3, -0.25) is 4.79 Å². The van der Waals surface area contributed by atoms with Gasteiger partial charge in [-0.1, -0.05) is 19.9 Å². The highest BCUT2D eigenvalue weighted by molar-refractivity contribution is 5.72. The van der Waals surface area contributed by atoms with Crippen molar-refractivity contribution in [3.8, 4) is 5.75 Å². The number of aromatic hydroxyl groups is 1. The number of phenols is 1. The Hall–Kier alpha value is -1.51. The van der Waals surface area contributed by atoms with Crippen molar-refractivity contribution in [3.05, 3.63) is 29.3 Å². The van der Waals surface area contributed by atoms with E-state index in [0.29, 0.717) is 13.0 Å². The first-order chi connectivity index (χ1) is 8.08. The van der Waals surface area contributed by atoms with Crippen molar-refractivity contribution in [3.63, 3.8) is 0 Å². The summed E-state index contributed by atoms with van der Waals surface area (Å²) in [5.41, 5.74) is 2.19. The molecule has 1 aromatic rings. The maximum absolute atomic E-state index is 11.5. The number of hydrogen-bond acceptors (Lipinski definition) is 3. The molecule has 1 N–H and O–H groups in total. The Morgan fingerprint density at radius 1 is 1.35 bits per heavy atom. The van der Waals surface area contributed by atoms with E-state index in [1.807, 2.05) is 26.8 Å². The lowest BCUT2D eigenvalue weighted by molar-refractivity contribution is -0.147. The molecule has 0 amide bonds. The Bertz CT molecular complexity index is 385. The second kappa shape index (κ2) is 6.28. The van der Waals surface area contributed by atoms with E-state index in [0.717, 1.165) is 17.5 Å². The van der Waals surface area contributed by atoms with E-state index in [1.54, 1.807) is 12.1 Å². The molecule has 1 atom stereocenters. The molecule has 0 spiro atoms. The lowest BCUT2D eigenvalue weighted by Gasteiger charge is -2.13. The van der Waals surface area contributed by atoms with Crippen LogP contribution >= 0.6 is 0 Å². The first-order valence-electron chi connectivity index (χ1n) is 6.05. The van der Waals surface area contributed by atoms with E-state index >= 15 is 0 Å². The molecule has 0 aromatic heterocycles. The first-order valence-corrected chi connectivity index (χ1v) is 6.05. The molecule has 3 heteroatoms. The second-order valence-electron chi connectivity index (χ2n) is 4.16. The van der Waals surface area contributed by atoms with Gasteiger partial charge >= 0.3 is 5.97 Å². The van der Waals surface area contributed by atoms with Crippen LogP contribution in [-0.4, -0.2) is 17.7 Å². The van der Waals surface area contributed by atoms with Crippen LogP contribution in [0.4, 0.5) is 0 Å². The monoisotopic (exact) mass is 236 g/mol. The van der Waals surface area contributed by atoms with Crippen molar-refractivity contribution in [1.29, 1.82) is 0 Å². The Labute approximate surface area is 102 Å². The minimum atomic E-state index is -0.164. The molecular weight excluding hydrogens is 216 g/mol. The molecular formula is C14H20O3. The van der Waals surface area contributed by atoms with Crippen LogP contribution in [0.15, 0.2) is 18.2 Å². The van der Waals surface area contributed by atoms with Gasteiger partial charge in [-0.25, -0.2) is 0 Å². The van der Waals surface area contributed by atoms with Gasteiger partial charge in [0, 0.05) is 0 Å². The van der Waals surface area contributed by atoms with E-state index in [9.17, 15) is 9.90 Å². The number of phenolic OH excluding ortho intramolecular Hbond substituents is 1. The smallest absolute Gasteiger partial charge is 0.308 e. The number of carbonyl (C=O) groups excluding carboxylic acids is 1. The van der Waals surface area contributed by atoms with Crippen LogP contribution < -0.4 is 0 Å². The summed E-state index contributed by atoms with van der Waals surface area (Å²) in [5, 5.41) is 9.40. The molecule has 94 valence electrons. The van der Waals surface area contributed by atoms with Crippen molar-refractivity contribution in [1.82, 2.24) is 0 Å². The molecule has 0 aliphatic rings. The summed E-state index contributed by atoms with van der Waals surface area (Å²) in [5.74, 6) is -0.0400. The van der Waals surface area contributed by atoms with Gasteiger partial charge in [0.15, 0.2) is 0 Å². The Kier molecular flexibility index (Phi) is 5.01. The quantitative estimate of drug-likeness (QED) is 0.799. The highest BCUT2D eigenvalue weighted by Gasteiger charge is 2.16. The van der Waals surface area contributed by atoms with Gasteiger partial charge in [0.2, 0.25) is 0 Å². The average Bonchev–Trinajstić information content (AvgIpc) is 2.31. The lowest BCUT2D eigenvalue weighted by Crippen LogP contribution is -2.17. The zero-order chi connectivity index (χ0) is 12.8. The van der Waals surface area contributed by atoms with Gasteiger partial charge < -0.3 is 9.84 Å².